The third-order valence-corrected chi connectivity index (χ3v) is 7.93. The third-order valence-electron chi connectivity index (χ3n) is 7.20. The minimum atomic E-state index is -0.0333. The van der Waals surface area contributed by atoms with Crippen molar-refractivity contribution in [2.45, 2.75) is 43.2 Å². The lowest BCUT2D eigenvalue weighted by atomic mass is 10.1. The van der Waals surface area contributed by atoms with Crippen LogP contribution in [0.3, 0.4) is 0 Å². The van der Waals surface area contributed by atoms with E-state index in [2.05, 4.69) is 35.4 Å². The maximum absolute atomic E-state index is 13.9. The molecule has 1 aromatic heterocycles. The van der Waals surface area contributed by atoms with E-state index in [9.17, 15) is 4.79 Å². The SMILES string of the molecule is CSc1ccc2cc(CN(C[C@@H]3CCCO3)C(=O)c3ccc4c(c3)OCO4)c(N3CCCC3)nc2c1. The summed E-state index contributed by atoms with van der Waals surface area (Å²) < 4.78 is 16.9. The van der Waals surface area contributed by atoms with E-state index in [0.29, 0.717) is 30.2 Å². The molecule has 4 heterocycles. The van der Waals surface area contributed by atoms with Crippen molar-refractivity contribution in [1.29, 1.82) is 0 Å². The van der Waals surface area contributed by atoms with Gasteiger partial charge in [-0.15, -0.1) is 11.8 Å². The molecule has 7 nitrogen and oxygen atoms in total. The predicted octanol–water partition coefficient (Wildman–Crippen LogP) is 5.11. The summed E-state index contributed by atoms with van der Waals surface area (Å²) in [5, 5.41) is 1.10. The number of ether oxygens (including phenoxy) is 3. The van der Waals surface area contributed by atoms with Crippen LogP contribution in [-0.4, -0.2) is 61.2 Å². The second-order valence-corrected chi connectivity index (χ2v) is 10.5. The number of anilines is 1. The number of pyridine rings is 1. The standard InChI is InChI=1S/C28H31N3O4S/c1-36-23-8-6-19-13-21(27(29-24(19)15-23)30-10-2-3-11-30)16-31(17-22-5-4-12-33-22)28(32)20-7-9-25-26(14-20)35-18-34-25/h6-9,13-15,22H,2-5,10-12,16-18H2,1H3/t22-/m0/s1. The van der Waals surface area contributed by atoms with E-state index in [-0.39, 0.29) is 18.8 Å². The van der Waals surface area contributed by atoms with Crippen LogP contribution >= 0.6 is 11.8 Å². The Balaban J connectivity index is 1.37. The van der Waals surface area contributed by atoms with Gasteiger partial charge in [-0.1, -0.05) is 6.07 Å². The molecule has 1 amide bonds. The molecule has 8 heteroatoms. The first-order valence-electron chi connectivity index (χ1n) is 12.7. The van der Waals surface area contributed by atoms with Crippen molar-refractivity contribution in [3.8, 4) is 11.5 Å². The summed E-state index contributed by atoms with van der Waals surface area (Å²) in [7, 11) is 0. The van der Waals surface area contributed by atoms with E-state index in [4.69, 9.17) is 19.2 Å². The summed E-state index contributed by atoms with van der Waals surface area (Å²) in [6.07, 6.45) is 6.47. The first-order chi connectivity index (χ1) is 17.7. The van der Waals surface area contributed by atoms with Gasteiger partial charge in [0.1, 0.15) is 5.82 Å². The molecule has 0 radical (unpaired) electrons. The van der Waals surface area contributed by atoms with E-state index in [0.717, 1.165) is 54.8 Å². The zero-order valence-corrected chi connectivity index (χ0v) is 21.4. The molecule has 3 aromatic rings. The number of amides is 1. The van der Waals surface area contributed by atoms with Crippen LogP contribution in [0, 0.1) is 0 Å². The Labute approximate surface area is 215 Å². The highest BCUT2D eigenvalue weighted by Crippen LogP contribution is 2.34. The van der Waals surface area contributed by atoms with Gasteiger partial charge in [0.25, 0.3) is 5.91 Å². The van der Waals surface area contributed by atoms with E-state index in [1.54, 1.807) is 17.8 Å². The largest absolute Gasteiger partial charge is 0.454 e. The number of thioether (sulfide) groups is 1. The summed E-state index contributed by atoms with van der Waals surface area (Å²) in [5.41, 5.74) is 2.67. The second-order valence-electron chi connectivity index (χ2n) is 9.61. The van der Waals surface area contributed by atoms with Gasteiger partial charge in [-0.2, -0.15) is 0 Å². The zero-order chi connectivity index (χ0) is 24.5. The van der Waals surface area contributed by atoms with Crippen molar-refractivity contribution >= 4 is 34.4 Å². The molecule has 0 bridgehead atoms. The fourth-order valence-electron chi connectivity index (χ4n) is 5.30. The number of nitrogens with zero attached hydrogens (tertiary/aromatic N) is 3. The number of carbonyl (C=O) groups excluding carboxylic acids is 1. The van der Waals surface area contributed by atoms with Crippen molar-refractivity contribution in [3.05, 3.63) is 53.6 Å². The van der Waals surface area contributed by atoms with Crippen LogP contribution in [0.4, 0.5) is 5.82 Å². The van der Waals surface area contributed by atoms with Crippen LogP contribution < -0.4 is 14.4 Å². The molecule has 3 aliphatic rings. The van der Waals surface area contributed by atoms with Gasteiger partial charge in [0.2, 0.25) is 6.79 Å². The molecule has 6 rings (SSSR count). The van der Waals surface area contributed by atoms with E-state index >= 15 is 0 Å². The van der Waals surface area contributed by atoms with E-state index in [1.807, 2.05) is 17.0 Å². The molecule has 0 N–H and O–H groups in total. The zero-order valence-electron chi connectivity index (χ0n) is 20.6. The van der Waals surface area contributed by atoms with Crippen LogP contribution in [0.1, 0.15) is 41.6 Å². The smallest absolute Gasteiger partial charge is 0.254 e. The number of hydrogen-bond donors (Lipinski definition) is 0. The molecule has 0 spiro atoms. The van der Waals surface area contributed by atoms with Gasteiger partial charge in [-0.05, 0) is 68.3 Å². The van der Waals surface area contributed by atoms with Gasteiger partial charge in [-0.3, -0.25) is 4.79 Å². The Morgan fingerprint density at radius 1 is 1.08 bits per heavy atom. The average molecular weight is 506 g/mol. The maximum atomic E-state index is 13.9. The quantitative estimate of drug-likeness (QED) is 0.414. The van der Waals surface area contributed by atoms with Crippen LogP contribution in [0.2, 0.25) is 0 Å². The van der Waals surface area contributed by atoms with E-state index < -0.39 is 0 Å². The minimum absolute atomic E-state index is 0.0333. The molecule has 188 valence electrons. The van der Waals surface area contributed by atoms with Crippen molar-refractivity contribution in [2.24, 2.45) is 0 Å². The fraction of sp³-hybridized carbons (Fsp3) is 0.429. The molecule has 0 saturated carbocycles. The number of rotatable bonds is 7. The predicted molar refractivity (Wildman–Crippen MR) is 141 cm³/mol. The number of aromatic nitrogens is 1. The first kappa shape index (κ1) is 23.4. The van der Waals surface area contributed by atoms with Crippen LogP contribution in [-0.2, 0) is 11.3 Å². The van der Waals surface area contributed by atoms with Crippen molar-refractivity contribution in [2.75, 3.05) is 44.2 Å². The van der Waals surface area contributed by atoms with Crippen LogP contribution in [0.5, 0.6) is 11.5 Å². The Hall–Kier alpha value is -2.97. The molecule has 0 aliphatic carbocycles. The lowest BCUT2D eigenvalue weighted by molar-refractivity contribution is 0.0507. The van der Waals surface area contributed by atoms with Crippen molar-refractivity contribution < 1.29 is 19.0 Å². The Morgan fingerprint density at radius 3 is 2.75 bits per heavy atom. The summed E-state index contributed by atoms with van der Waals surface area (Å²) in [5.74, 6) is 2.26. The molecule has 1 atom stereocenters. The van der Waals surface area contributed by atoms with Gasteiger partial charge in [0.15, 0.2) is 11.5 Å². The van der Waals surface area contributed by atoms with Gasteiger partial charge < -0.3 is 24.0 Å². The minimum Gasteiger partial charge on any atom is -0.454 e. The number of hydrogen-bond acceptors (Lipinski definition) is 7. The van der Waals surface area contributed by atoms with Gasteiger partial charge >= 0.3 is 0 Å². The normalized spacial score (nSPS) is 18.8. The van der Waals surface area contributed by atoms with Gasteiger partial charge in [-0.25, -0.2) is 4.98 Å². The van der Waals surface area contributed by atoms with Gasteiger partial charge in [0, 0.05) is 54.2 Å². The topological polar surface area (TPSA) is 64.1 Å². The highest BCUT2D eigenvalue weighted by atomic mass is 32.2. The summed E-state index contributed by atoms with van der Waals surface area (Å²) in [6.45, 7) is 3.96. The average Bonchev–Trinajstić information content (AvgIpc) is 3.70. The molecule has 3 aliphatic heterocycles. The maximum Gasteiger partial charge on any atom is 0.254 e. The van der Waals surface area contributed by atoms with E-state index in [1.165, 1.54) is 17.7 Å². The van der Waals surface area contributed by atoms with Crippen LogP contribution in [0.25, 0.3) is 10.9 Å². The molecule has 0 unspecified atom stereocenters. The molecule has 2 aromatic carbocycles. The van der Waals surface area contributed by atoms with Crippen LogP contribution in [0.15, 0.2) is 47.4 Å². The van der Waals surface area contributed by atoms with Crippen molar-refractivity contribution in [3.63, 3.8) is 0 Å². The Kier molecular flexibility index (Phi) is 6.63. The monoisotopic (exact) mass is 505 g/mol. The Bertz CT molecular complexity index is 1270. The van der Waals surface area contributed by atoms with Gasteiger partial charge in [0.05, 0.1) is 11.6 Å². The molecular formula is C28H31N3O4S. The molecule has 2 fully saturated rings. The highest BCUT2D eigenvalue weighted by molar-refractivity contribution is 7.98. The summed E-state index contributed by atoms with van der Waals surface area (Å²) in [6, 6.07) is 14.1. The number of fused-ring (bicyclic) bond motifs is 2. The Morgan fingerprint density at radius 2 is 1.94 bits per heavy atom. The summed E-state index contributed by atoms with van der Waals surface area (Å²) in [4.78, 5) is 24.5. The summed E-state index contributed by atoms with van der Waals surface area (Å²) >= 11 is 1.72. The molecular weight excluding hydrogens is 474 g/mol. The number of carbonyl (C=O) groups is 1. The first-order valence-corrected chi connectivity index (χ1v) is 13.9. The lowest BCUT2D eigenvalue weighted by Gasteiger charge is -2.28. The van der Waals surface area contributed by atoms with Crippen molar-refractivity contribution in [1.82, 2.24) is 9.88 Å². The fourth-order valence-corrected chi connectivity index (χ4v) is 5.73. The lowest BCUT2D eigenvalue weighted by Crippen LogP contribution is -2.37. The number of benzene rings is 2. The molecule has 36 heavy (non-hydrogen) atoms. The second kappa shape index (κ2) is 10.2. The third kappa shape index (κ3) is 4.72. The highest BCUT2D eigenvalue weighted by Gasteiger charge is 2.27. The molecule has 2 saturated heterocycles.